The van der Waals surface area contributed by atoms with Crippen LogP contribution in [0.25, 0.3) is 0 Å². The number of amides is 1. The lowest BCUT2D eigenvalue weighted by molar-refractivity contribution is -0.192. The fraction of sp³-hybridized carbons (Fsp3) is 0.789. The Bertz CT molecular complexity index is 588. The summed E-state index contributed by atoms with van der Waals surface area (Å²) in [6, 6.07) is 0. The number of nitrogens with zero attached hydrogens (tertiary/aromatic N) is 2. The third-order valence-corrected chi connectivity index (χ3v) is 5.99. The Morgan fingerprint density at radius 1 is 1.25 bits per heavy atom. The molecular weight excluding hydrogens is 377 g/mol. The zero-order chi connectivity index (χ0) is 20.9. The molecular formula is C19H29F3N2O4. The predicted molar refractivity (Wildman–Crippen MR) is 96.7 cm³/mol. The van der Waals surface area contributed by atoms with Crippen molar-refractivity contribution in [1.82, 2.24) is 9.80 Å². The first-order valence-corrected chi connectivity index (χ1v) is 9.58. The smallest absolute Gasteiger partial charge is 0.475 e. The van der Waals surface area contributed by atoms with Crippen LogP contribution in [-0.4, -0.2) is 79.4 Å². The molecule has 160 valence electrons. The highest BCUT2D eigenvalue weighted by Gasteiger charge is 2.51. The lowest BCUT2D eigenvalue weighted by Crippen LogP contribution is -2.39. The van der Waals surface area contributed by atoms with E-state index in [1.54, 1.807) is 7.11 Å². The molecule has 28 heavy (non-hydrogen) atoms. The molecule has 0 unspecified atom stereocenters. The summed E-state index contributed by atoms with van der Waals surface area (Å²) in [5.41, 5.74) is 0.272. The Morgan fingerprint density at radius 3 is 2.36 bits per heavy atom. The highest BCUT2D eigenvalue weighted by Crippen LogP contribution is 2.44. The van der Waals surface area contributed by atoms with Gasteiger partial charge in [-0.3, -0.25) is 4.79 Å². The van der Waals surface area contributed by atoms with Crippen molar-refractivity contribution in [2.24, 2.45) is 17.3 Å². The van der Waals surface area contributed by atoms with Crippen LogP contribution in [0.4, 0.5) is 13.2 Å². The molecule has 1 aliphatic carbocycles. The van der Waals surface area contributed by atoms with E-state index in [0.29, 0.717) is 11.8 Å². The number of carboxylic acid groups (broad SMARTS) is 1. The number of likely N-dealkylation sites (tertiary alicyclic amines) is 2. The molecule has 0 aromatic carbocycles. The number of alkyl halides is 3. The summed E-state index contributed by atoms with van der Waals surface area (Å²) in [6.07, 6.45) is 2.23. The fourth-order valence-corrected chi connectivity index (χ4v) is 4.44. The summed E-state index contributed by atoms with van der Waals surface area (Å²) in [5.74, 6) is -1.60. The van der Waals surface area contributed by atoms with Crippen LogP contribution in [-0.2, 0) is 14.3 Å². The van der Waals surface area contributed by atoms with Gasteiger partial charge in [-0.2, -0.15) is 13.2 Å². The summed E-state index contributed by atoms with van der Waals surface area (Å²) in [5, 5.41) is 7.12. The number of ether oxygens (including phenoxy) is 1. The van der Waals surface area contributed by atoms with Crippen molar-refractivity contribution in [1.29, 1.82) is 0 Å². The fourth-order valence-electron chi connectivity index (χ4n) is 4.44. The maximum absolute atomic E-state index is 12.6. The van der Waals surface area contributed by atoms with Gasteiger partial charge >= 0.3 is 12.1 Å². The van der Waals surface area contributed by atoms with Crippen molar-refractivity contribution in [3.63, 3.8) is 0 Å². The van der Waals surface area contributed by atoms with Crippen LogP contribution in [0, 0.1) is 17.3 Å². The molecule has 1 N–H and O–H groups in total. The van der Waals surface area contributed by atoms with Crippen LogP contribution in [0.2, 0.25) is 0 Å². The Balaban J connectivity index is 0.000000345. The molecule has 0 saturated carbocycles. The zero-order valence-corrected chi connectivity index (χ0v) is 16.4. The number of carboxylic acids is 1. The van der Waals surface area contributed by atoms with E-state index in [2.05, 4.69) is 28.9 Å². The summed E-state index contributed by atoms with van der Waals surface area (Å²) < 4.78 is 37.2. The number of hydrogen-bond donors (Lipinski definition) is 1. The van der Waals surface area contributed by atoms with Gasteiger partial charge in [0.1, 0.15) is 0 Å². The molecule has 2 aliphatic heterocycles. The standard InChI is InChI=1S/C17H28N2O2.C2HF3O2/c1-3-18-10-15(11-21-2)17(12-18)8-9-19(13-17)16(20)14-6-4-5-7-14;3-2(4,5)1(6)7/h4-5,14-15H,3,6-13H2,1-2H3;(H,6,7)/t15-,17+;/m0./s1. The van der Waals surface area contributed by atoms with Crippen LogP contribution < -0.4 is 0 Å². The molecule has 2 heterocycles. The highest BCUT2D eigenvalue weighted by atomic mass is 19.4. The lowest BCUT2D eigenvalue weighted by Gasteiger charge is -2.30. The van der Waals surface area contributed by atoms with E-state index in [9.17, 15) is 18.0 Å². The molecule has 3 aliphatic rings. The number of halogens is 3. The number of allylic oxidation sites excluding steroid dienone is 2. The molecule has 0 radical (unpaired) electrons. The van der Waals surface area contributed by atoms with Crippen LogP contribution in [0.15, 0.2) is 12.2 Å². The van der Waals surface area contributed by atoms with Crippen molar-refractivity contribution in [2.75, 3.05) is 46.4 Å². The maximum Gasteiger partial charge on any atom is 0.490 e. The van der Waals surface area contributed by atoms with Gasteiger partial charge in [0.15, 0.2) is 0 Å². The van der Waals surface area contributed by atoms with Crippen molar-refractivity contribution in [3.8, 4) is 0 Å². The highest BCUT2D eigenvalue weighted by molar-refractivity contribution is 5.80. The molecule has 2 atom stereocenters. The minimum atomic E-state index is -5.08. The molecule has 0 bridgehead atoms. The summed E-state index contributed by atoms with van der Waals surface area (Å²) in [6.45, 7) is 8.28. The average Bonchev–Trinajstić information content (AvgIpc) is 3.36. The van der Waals surface area contributed by atoms with Gasteiger partial charge in [-0.1, -0.05) is 19.1 Å². The molecule has 0 aromatic rings. The molecule has 1 amide bonds. The van der Waals surface area contributed by atoms with Crippen molar-refractivity contribution in [2.45, 2.75) is 32.4 Å². The minimum Gasteiger partial charge on any atom is -0.475 e. The Hall–Kier alpha value is -1.61. The normalized spacial score (nSPS) is 28.0. The van der Waals surface area contributed by atoms with Gasteiger partial charge in [-0.15, -0.1) is 0 Å². The van der Waals surface area contributed by atoms with E-state index < -0.39 is 12.1 Å². The van der Waals surface area contributed by atoms with Gasteiger partial charge in [0.05, 0.1) is 6.61 Å². The van der Waals surface area contributed by atoms with Crippen LogP contribution >= 0.6 is 0 Å². The molecule has 0 aromatic heterocycles. The van der Waals surface area contributed by atoms with E-state index in [-0.39, 0.29) is 11.3 Å². The van der Waals surface area contributed by atoms with Gasteiger partial charge in [-0.05, 0) is 25.8 Å². The molecule has 3 rings (SSSR count). The molecule has 6 nitrogen and oxygen atoms in total. The molecule has 2 saturated heterocycles. The number of hydrogen-bond acceptors (Lipinski definition) is 4. The summed E-state index contributed by atoms with van der Waals surface area (Å²) >= 11 is 0. The average molecular weight is 406 g/mol. The van der Waals surface area contributed by atoms with Crippen LogP contribution in [0.5, 0.6) is 0 Å². The Kier molecular flexibility index (Phi) is 7.50. The van der Waals surface area contributed by atoms with Crippen LogP contribution in [0.3, 0.4) is 0 Å². The second-order valence-electron chi connectivity index (χ2n) is 7.79. The van der Waals surface area contributed by atoms with Crippen molar-refractivity contribution in [3.05, 3.63) is 12.2 Å². The number of methoxy groups -OCH3 is 1. The van der Waals surface area contributed by atoms with Gasteiger partial charge in [0.2, 0.25) is 5.91 Å². The lowest BCUT2D eigenvalue weighted by atomic mass is 9.77. The predicted octanol–water partition coefficient (Wildman–Crippen LogP) is 2.40. The number of carbonyl (C=O) groups excluding carboxylic acids is 1. The van der Waals surface area contributed by atoms with E-state index in [0.717, 1.165) is 58.6 Å². The monoisotopic (exact) mass is 406 g/mol. The first kappa shape index (κ1) is 22.7. The number of rotatable bonds is 4. The quantitative estimate of drug-likeness (QED) is 0.726. The topological polar surface area (TPSA) is 70.1 Å². The third kappa shape index (κ3) is 5.26. The summed E-state index contributed by atoms with van der Waals surface area (Å²) in [4.78, 5) is 26.2. The first-order valence-electron chi connectivity index (χ1n) is 9.58. The van der Waals surface area contributed by atoms with Gasteiger partial charge < -0.3 is 19.6 Å². The zero-order valence-electron chi connectivity index (χ0n) is 16.4. The first-order chi connectivity index (χ1) is 13.1. The van der Waals surface area contributed by atoms with E-state index in [1.807, 2.05) is 0 Å². The Labute approximate surface area is 163 Å². The largest absolute Gasteiger partial charge is 0.490 e. The third-order valence-electron chi connectivity index (χ3n) is 5.99. The van der Waals surface area contributed by atoms with Gasteiger partial charge in [0.25, 0.3) is 0 Å². The van der Waals surface area contributed by atoms with Gasteiger partial charge in [-0.25, -0.2) is 4.79 Å². The molecule has 9 heteroatoms. The molecule has 2 fully saturated rings. The second kappa shape index (κ2) is 9.26. The number of carbonyl (C=O) groups is 2. The number of aliphatic carboxylic acids is 1. The van der Waals surface area contributed by atoms with Gasteiger partial charge in [0, 0.05) is 50.5 Å². The molecule has 1 spiro atoms. The Morgan fingerprint density at radius 2 is 1.86 bits per heavy atom. The van der Waals surface area contributed by atoms with E-state index >= 15 is 0 Å². The SMILES string of the molecule is CCN1C[C@@H](COC)[C@]2(CCN(C(=O)C3CC=CC3)C2)C1.O=C(O)C(F)(F)F. The van der Waals surface area contributed by atoms with E-state index in [1.165, 1.54) is 0 Å². The second-order valence-corrected chi connectivity index (χ2v) is 7.79. The van der Waals surface area contributed by atoms with Crippen LogP contribution in [0.1, 0.15) is 26.2 Å². The summed E-state index contributed by atoms with van der Waals surface area (Å²) in [7, 11) is 1.80. The van der Waals surface area contributed by atoms with E-state index in [4.69, 9.17) is 14.6 Å². The minimum absolute atomic E-state index is 0.213. The maximum atomic E-state index is 12.6. The van der Waals surface area contributed by atoms with Crippen molar-refractivity contribution < 1.29 is 32.6 Å². The van der Waals surface area contributed by atoms with Crippen molar-refractivity contribution >= 4 is 11.9 Å².